The largest absolute Gasteiger partial charge is 0.289 e. The fraction of sp³-hybridized carbons (Fsp3) is 0.500. The summed E-state index contributed by atoms with van der Waals surface area (Å²) in [6.07, 6.45) is 4.46. The molecule has 6 nitrogen and oxygen atoms in total. The summed E-state index contributed by atoms with van der Waals surface area (Å²) in [6.45, 7) is 6.59. The molecule has 0 saturated heterocycles. The third kappa shape index (κ3) is 2.67. The summed E-state index contributed by atoms with van der Waals surface area (Å²) in [5.41, 5.74) is 3.73. The molecule has 0 radical (unpaired) electrons. The predicted molar refractivity (Wildman–Crippen MR) is 101 cm³/mol. The van der Waals surface area contributed by atoms with Gasteiger partial charge in [-0.05, 0) is 42.7 Å². The zero-order valence-corrected chi connectivity index (χ0v) is 15.8. The van der Waals surface area contributed by atoms with Crippen LogP contribution in [0.2, 0.25) is 0 Å². The van der Waals surface area contributed by atoms with Crippen molar-refractivity contribution in [3.63, 3.8) is 0 Å². The maximum atomic E-state index is 13.2. The second-order valence-electron chi connectivity index (χ2n) is 8.43. The van der Waals surface area contributed by atoms with Crippen LogP contribution in [0.25, 0.3) is 10.9 Å². The van der Waals surface area contributed by atoms with Crippen molar-refractivity contribution < 1.29 is 9.18 Å². The highest BCUT2D eigenvalue weighted by molar-refractivity contribution is 5.95. The van der Waals surface area contributed by atoms with Crippen molar-refractivity contribution in [2.75, 3.05) is 0 Å². The second-order valence-corrected chi connectivity index (χ2v) is 8.43. The standard InChI is InChI=1S/C20H23FN4O2/c1-19(2)12-6-7-20(19,3)16(8-12)23-24-17(26)10-25-11-22-15-9-13(21)4-5-14(15)18(25)27/h4-5,9,11-12H,6-8,10H2,1-3H3,(H,24,26)/b23-16-. The molecule has 1 aromatic carbocycles. The maximum Gasteiger partial charge on any atom is 0.261 e. The number of aromatic nitrogens is 2. The molecule has 2 bridgehead atoms. The molecule has 1 N–H and O–H groups in total. The molecule has 7 heteroatoms. The third-order valence-electron chi connectivity index (χ3n) is 6.93. The average Bonchev–Trinajstić information content (AvgIpc) is 2.95. The lowest BCUT2D eigenvalue weighted by Crippen LogP contribution is -2.35. The van der Waals surface area contributed by atoms with Crippen LogP contribution in [0.15, 0.2) is 34.4 Å². The van der Waals surface area contributed by atoms with Crippen molar-refractivity contribution >= 4 is 22.5 Å². The summed E-state index contributed by atoms with van der Waals surface area (Å²) in [6, 6.07) is 3.79. The van der Waals surface area contributed by atoms with Gasteiger partial charge in [-0.2, -0.15) is 5.10 Å². The Morgan fingerprint density at radius 3 is 2.85 bits per heavy atom. The number of hydrazone groups is 1. The van der Waals surface area contributed by atoms with Crippen molar-refractivity contribution in [2.45, 2.75) is 46.6 Å². The van der Waals surface area contributed by atoms with Crippen molar-refractivity contribution in [3.8, 4) is 0 Å². The fourth-order valence-corrected chi connectivity index (χ4v) is 4.66. The fourth-order valence-electron chi connectivity index (χ4n) is 4.66. The third-order valence-corrected chi connectivity index (χ3v) is 6.93. The van der Waals surface area contributed by atoms with Crippen LogP contribution in [0, 0.1) is 22.6 Å². The summed E-state index contributed by atoms with van der Waals surface area (Å²) < 4.78 is 14.5. The molecule has 1 aromatic heterocycles. The van der Waals surface area contributed by atoms with Gasteiger partial charge in [-0.3, -0.25) is 14.2 Å². The van der Waals surface area contributed by atoms with Crippen molar-refractivity contribution in [3.05, 3.63) is 40.7 Å². The van der Waals surface area contributed by atoms with Gasteiger partial charge in [0.1, 0.15) is 12.4 Å². The topological polar surface area (TPSA) is 76.3 Å². The van der Waals surface area contributed by atoms with E-state index >= 15 is 0 Å². The minimum atomic E-state index is -0.456. The Balaban J connectivity index is 1.51. The van der Waals surface area contributed by atoms with E-state index in [-0.39, 0.29) is 39.7 Å². The van der Waals surface area contributed by atoms with Crippen LogP contribution in [0.1, 0.15) is 40.0 Å². The number of hydrogen-bond donors (Lipinski definition) is 1. The molecule has 2 saturated carbocycles. The molecular weight excluding hydrogens is 347 g/mol. The van der Waals surface area contributed by atoms with Crippen molar-refractivity contribution in [1.29, 1.82) is 0 Å². The zero-order valence-electron chi connectivity index (χ0n) is 15.8. The first kappa shape index (κ1) is 17.8. The van der Waals surface area contributed by atoms with Gasteiger partial charge in [-0.1, -0.05) is 20.8 Å². The van der Waals surface area contributed by atoms with Gasteiger partial charge in [0.15, 0.2) is 0 Å². The van der Waals surface area contributed by atoms with Gasteiger partial charge >= 0.3 is 0 Å². The van der Waals surface area contributed by atoms with E-state index in [2.05, 4.69) is 36.3 Å². The van der Waals surface area contributed by atoms with Gasteiger partial charge in [0.25, 0.3) is 11.5 Å². The summed E-state index contributed by atoms with van der Waals surface area (Å²) in [4.78, 5) is 28.8. The Kier molecular flexibility index (Phi) is 3.94. The molecule has 142 valence electrons. The van der Waals surface area contributed by atoms with Crippen LogP contribution in [0.3, 0.4) is 0 Å². The quantitative estimate of drug-likeness (QED) is 0.844. The average molecular weight is 370 g/mol. The van der Waals surface area contributed by atoms with Gasteiger partial charge < -0.3 is 0 Å². The Bertz CT molecular complexity index is 1030. The Hall–Kier alpha value is -2.57. The predicted octanol–water partition coefficient (Wildman–Crippen LogP) is 2.85. The van der Waals surface area contributed by atoms with E-state index < -0.39 is 5.82 Å². The van der Waals surface area contributed by atoms with Crippen LogP contribution >= 0.6 is 0 Å². The first-order valence-corrected chi connectivity index (χ1v) is 9.23. The van der Waals surface area contributed by atoms with E-state index in [0.29, 0.717) is 5.92 Å². The van der Waals surface area contributed by atoms with E-state index in [1.54, 1.807) is 0 Å². The molecular formula is C20H23FN4O2. The first-order valence-electron chi connectivity index (χ1n) is 9.23. The number of hydrogen-bond acceptors (Lipinski definition) is 4. The van der Waals surface area contributed by atoms with Gasteiger partial charge in [0.05, 0.1) is 17.2 Å². The molecule has 2 aliphatic carbocycles. The number of amides is 1. The maximum absolute atomic E-state index is 13.2. The van der Waals surface area contributed by atoms with Crippen molar-refractivity contribution in [1.82, 2.24) is 15.0 Å². The Labute approximate surface area is 156 Å². The molecule has 1 heterocycles. The van der Waals surface area contributed by atoms with Crippen LogP contribution < -0.4 is 11.0 Å². The lowest BCUT2D eigenvalue weighted by molar-refractivity contribution is -0.121. The Morgan fingerprint density at radius 1 is 1.41 bits per heavy atom. The van der Waals surface area contributed by atoms with Gasteiger partial charge in [0.2, 0.25) is 0 Å². The molecule has 0 spiro atoms. The van der Waals surface area contributed by atoms with E-state index in [1.807, 2.05) is 0 Å². The molecule has 2 aromatic rings. The smallest absolute Gasteiger partial charge is 0.261 e. The number of carbonyl (C=O) groups is 1. The molecule has 1 amide bonds. The van der Waals surface area contributed by atoms with E-state index in [0.717, 1.165) is 18.6 Å². The van der Waals surface area contributed by atoms with Gasteiger partial charge in [-0.15, -0.1) is 0 Å². The van der Waals surface area contributed by atoms with Gasteiger partial charge in [-0.25, -0.2) is 14.8 Å². The van der Waals surface area contributed by atoms with Gasteiger partial charge in [0, 0.05) is 17.2 Å². The molecule has 4 rings (SSSR count). The number of nitrogens with zero attached hydrogens (tertiary/aromatic N) is 3. The highest BCUT2D eigenvalue weighted by Crippen LogP contribution is 2.63. The number of nitrogens with one attached hydrogen (secondary N) is 1. The monoisotopic (exact) mass is 370 g/mol. The number of carbonyl (C=O) groups excluding carboxylic acids is 1. The molecule has 2 fully saturated rings. The highest BCUT2D eigenvalue weighted by Gasteiger charge is 2.60. The SMILES string of the molecule is CC12CCC(C/C1=N/NC(=O)Cn1cnc3cc(F)ccc3c1=O)C2(C)C. The zero-order chi connectivity index (χ0) is 19.4. The van der Waals surface area contributed by atoms with Crippen LogP contribution in [-0.4, -0.2) is 21.2 Å². The van der Waals surface area contributed by atoms with Crippen molar-refractivity contribution in [2.24, 2.45) is 21.8 Å². The summed E-state index contributed by atoms with van der Waals surface area (Å²) in [5.74, 6) is -0.231. The molecule has 27 heavy (non-hydrogen) atoms. The van der Waals surface area contributed by atoms with E-state index in [1.165, 1.54) is 35.5 Å². The number of rotatable bonds is 3. The van der Waals surface area contributed by atoms with Crippen LogP contribution in [-0.2, 0) is 11.3 Å². The Morgan fingerprint density at radius 2 is 2.19 bits per heavy atom. The van der Waals surface area contributed by atoms with Crippen LogP contribution in [0.4, 0.5) is 4.39 Å². The van der Waals surface area contributed by atoms with Crippen LogP contribution in [0.5, 0.6) is 0 Å². The number of halogens is 1. The number of fused-ring (bicyclic) bond motifs is 3. The molecule has 0 aliphatic heterocycles. The minimum absolute atomic E-state index is 0.0103. The lowest BCUT2D eigenvalue weighted by atomic mass is 9.70. The lowest BCUT2D eigenvalue weighted by Gasteiger charge is -2.34. The number of benzene rings is 1. The summed E-state index contributed by atoms with van der Waals surface area (Å²) in [5, 5.41) is 4.68. The normalized spacial score (nSPS) is 27.4. The first-order chi connectivity index (χ1) is 12.7. The second kappa shape index (κ2) is 5.97. The molecule has 2 unspecified atom stereocenters. The minimum Gasteiger partial charge on any atom is -0.289 e. The summed E-state index contributed by atoms with van der Waals surface area (Å²) >= 11 is 0. The highest BCUT2D eigenvalue weighted by atomic mass is 19.1. The molecule has 2 aliphatic rings. The van der Waals surface area contributed by atoms with E-state index in [4.69, 9.17) is 0 Å². The van der Waals surface area contributed by atoms with E-state index in [9.17, 15) is 14.0 Å². The summed E-state index contributed by atoms with van der Waals surface area (Å²) in [7, 11) is 0. The molecule has 2 atom stereocenters.